The molecule has 25 heteroatoms. The number of aromatic hydroxyl groups is 4. The molecular weight excluding hydrogens is 1480 g/mol. The molecule has 1 atom stereocenters. The standard InChI is InChI=1S/C23H18N2O3S.C22H17N3O3S.C21H22N2O3S.C20H20N2O3S/c26-20-12-16(19-14-29-21-4-2-1-3-18(19)21)11-17-13-25(9-10-28-22(17)20)23(27)15-5-7-24-8-6-15;26-19-11-14(17-13-29-20-6-2-1-4-16(17)20)10-15-12-25(8-9-28-21(15)19)22(27)18-5-3-7-23-24-18;1-22(2)12-20(25)23-7-8-26-21-15(11-23)9-14(10-18(21)24)17-13-27-19-6-4-3-5-16(17)19;1-12(21)20(24)22-6-7-25-19-14(10-22)8-13(9-17(19)23)16-11-26-18-5-3-2-4-15(16)18/h1-8,11-12,14,26H,9-10,13H2;1-7,10-11,13,26H,8-9,12H2;3-6,9-10,13,24H,7-8,11-12H2,1-2H3;2-5,8-9,11-12,23H,6-7,10,21H2,1H3/p+2. The molecule has 111 heavy (non-hydrogen) atoms. The van der Waals surface area contributed by atoms with Gasteiger partial charge in [-0.05, 0) is 148 Å². The highest BCUT2D eigenvalue weighted by Crippen LogP contribution is 2.46. The van der Waals surface area contributed by atoms with Gasteiger partial charge in [0.1, 0.15) is 26.4 Å². The van der Waals surface area contributed by atoms with Crippen molar-refractivity contribution in [3.63, 3.8) is 0 Å². The van der Waals surface area contributed by atoms with E-state index in [0.717, 1.165) is 87.8 Å². The van der Waals surface area contributed by atoms with Crippen LogP contribution < -0.4 is 29.6 Å². The molecule has 6 aromatic heterocycles. The number of fused-ring (bicyclic) bond motifs is 8. The first-order valence-electron chi connectivity index (χ1n) is 36.2. The Kier molecular flexibility index (Phi) is 22.2. The van der Waals surface area contributed by atoms with E-state index < -0.39 is 0 Å². The van der Waals surface area contributed by atoms with Gasteiger partial charge in [-0.15, -0.1) is 50.4 Å². The summed E-state index contributed by atoms with van der Waals surface area (Å²) in [6, 6.07) is 54.3. The molecule has 1 unspecified atom stereocenters. The minimum absolute atomic E-state index is 0.00711. The first-order chi connectivity index (χ1) is 54.0. The number of carbonyl (C=O) groups is 4. The number of nitrogens with one attached hydrogen (secondary N) is 1. The number of nitrogens with zero attached hydrogens (tertiary/aromatic N) is 7. The number of aromatic nitrogens is 3. The molecule has 0 aliphatic carbocycles. The number of hydrogen-bond acceptors (Lipinski definition) is 19. The lowest BCUT2D eigenvalue weighted by atomic mass is 10.0. The quantitative estimate of drug-likeness (QED) is 0.0784. The lowest BCUT2D eigenvalue weighted by Gasteiger charge is -2.20. The summed E-state index contributed by atoms with van der Waals surface area (Å²) in [5.41, 5.74) is 15.9. The molecule has 4 amide bonds. The van der Waals surface area contributed by atoms with Crippen molar-refractivity contribution in [1.29, 1.82) is 0 Å². The Morgan fingerprint density at radius 1 is 0.441 bits per heavy atom. The number of quaternary nitrogens is 2. The average Bonchev–Trinajstić information content (AvgIpc) is 1.70. The van der Waals surface area contributed by atoms with E-state index in [1.165, 1.54) is 30.4 Å². The van der Waals surface area contributed by atoms with E-state index in [4.69, 9.17) is 18.9 Å². The van der Waals surface area contributed by atoms with E-state index in [-0.39, 0.29) is 52.7 Å². The monoisotopic (exact) mass is 1560 g/mol. The topological polar surface area (TPSA) is 270 Å². The molecule has 0 bridgehead atoms. The molecule has 0 spiro atoms. The van der Waals surface area contributed by atoms with Crippen LogP contribution in [0.5, 0.6) is 46.0 Å². The van der Waals surface area contributed by atoms with Gasteiger partial charge in [-0.3, -0.25) is 24.2 Å². The molecule has 4 aliphatic rings. The van der Waals surface area contributed by atoms with Crippen molar-refractivity contribution in [2.24, 2.45) is 0 Å². The van der Waals surface area contributed by atoms with Crippen molar-refractivity contribution in [3.8, 4) is 90.5 Å². The maximum Gasteiger partial charge on any atom is 0.280 e. The molecule has 18 rings (SSSR count). The van der Waals surface area contributed by atoms with Gasteiger partial charge in [-0.25, -0.2) is 0 Å². The average molecular weight is 1560 g/mol. The summed E-state index contributed by atoms with van der Waals surface area (Å²) >= 11 is 6.71. The first-order valence-corrected chi connectivity index (χ1v) is 39.8. The highest BCUT2D eigenvalue weighted by atomic mass is 32.1. The molecular formula is C86H79N9O12S4+2. The van der Waals surface area contributed by atoms with Crippen LogP contribution in [0.3, 0.4) is 0 Å². The maximum absolute atomic E-state index is 12.9. The summed E-state index contributed by atoms with van der Waals surface area (Å²) < 4.78 is 27.9. The summed E-state index contributed by atoms with van der Waals surface area (Å²) in [5, 5.41) is 63.1. The molecule has 0 radical (unpaired) electrons. The Balaban J connectivity index is 0.000000117. The zero-order valence-corrected chi connectivity index (χ0v) is 64.3. The van der Waals surface area contributed by atoms with Crippen molar-refractivity contribution < 1.29 is 69.2 Å². The Bertz CT molecular complexity index is 5600. The van der Waals surface area contributed by atoms with Crippen molar-refractivity contribution in [1.82, 2.24) is 34.8 Å². The van der Waals surface area contributed by atoms with Crippen LogP contribution in [0.25, 0.3) is 84.9 Å². The number of hydrogen-bond donors (Lipinski definition) is 6. The van der Waals surface area contributed by atoms with Crippen LogP contribution in [-0.4, -0.2) is 158 Å². The molecule has 0 fully saturated rings. The number of thiophene rings is 4. The number of amides is 4. The maximum atomic E-state index is 12.9. The number of ether oxygens (including phenoxy) is 4. The second-order valence-corrected chi connectivity index (χ2v) is 31.2. The zero-order chi connectivity index (χ0) is 76.8. The van der Waals surface area contributed by atoms with E-state index in [9.17, 15) is 39.6 Å². The molecule has 8 aromatic carbocycles. The fraction of sp³-hybridized carbons (Fsp3) is 0.198. The first kappa shape index (κ1) is 74.5. The van der Waals surface area contributed by atoms with Crippen LogP contribution in [0.2, 0.25) is 0 Å². The SMILES string of the molecule is CC([NH3+])C(=O)N1CCOc2c(O)cc(-c3csc4ccccc34)cc2C1.C[NH+](C)CC(=O)N1CCOc2c(O)cc(-c3csc4ccccc34)cc2C1.O=C(c1cccnn1)N1CCOc2c(O)cc(-c3csc4ccccc34)cc2C1.O=C(c1ccncc1)N1CCOc2c(O)cc(-c3csc4ccccc34)cc2C1. The number of phenols is 4. The Labute approximate surface area is 655 Å². The number of rotatable bonds is 9. The van der Waals surface area contributed by atoms with Gasteiger partial charge in [0, 0.05) is 135 Å². The molecule has 0 saturated carbocycles. The van der Waals surface area contributed by atoms with Gasteiger partial charge in [0.15, 0.2) is 64.3 Å². The van der Waals surface area contributed by atoms with E-state index in [0.29, 0.717) is 120 Å². The Morgan fingerprint density at radius 2 is 0.784 bits per heavy atom. The fourth-order valence-electron chi connectivity index (χ4n) is 14.2. The van der Waals surface area contributed by atoms with Crippen LogP contribution in [0.4, 0.5) is 0 Å². The molecule has 14 aromatic rings. The third-order valence-corrected chi connectivity index (χ3v) is 23.4. The van der Waals surface area contributed by atoms with Gasteiger partial charge >= 0.3 is 0 Å². The van der Waals surface area contributed by atoms with Crippen molar-refractivity contribution in [2.75, 3.05) is 73.2 Å². The molecule has 10 heterocycles. The van der Waals surface area contributed by atoms with Crippen LogP contribution in [0, 0.1) is 0 Å². The zero-order valence-electron chi connectivity index (χ0n) is 61.0. The lowest BCUT2D eigenvalue weighted by molar-refractivity contribution is -0.849. The van der Waals surface area contributed by atoms with Gasteiger partial charge in [-0.2, -0.15) is 5.10 Å². The number of benzene rings is 8. The summed E-state index contributed by atoms with van der Waals surface area (Å²) in [6.07, 6.45) is 4.76. The summed E-state index contributed by atoms with van der Waals surface area (Å²) in [7, 11) is 3.93. The summed E-state index contributed by atoms with van der Waals surface area (Å²) in [5.74, 6) is 2.09. The molecule has 21 nitrogen and oxygen atoms in total. The van der Waals surface area contributed by atoms with Gasteiger partial charge in [0.25, 0.3) is 23.6 Å². The predicted octanol–water partition coefficient (Wildman–Crippen LogP) is 13.6. The number of pyridine rings is 1. The Morgan fingerprint density at radius 3 is 1.14 bits per heavy atom. The normalized spacial score (nSPS) is 14.1. The van der Waals surface area contributed by atoms with Crippen LogP contribution in [0.15, 0.2) is 210 Å². The van der Waals surface area contributed by atoms with E-state index >= 15 is 0 Å². The van der Waals surface area contributed by atoms with E-state index in [2.05, 4.69) is 91.0 Å². The van der Waals surface area contributed by atoms with Crippen molar-refractivity contribution in [2.45, 2.75) is 39.1 Å². The largest absolute Gasteiger partial charge is 0.504 e. The second kappa shape index (κ2) is 33.1. The minimum Gasteiger partial charge on any atom is -0.504 e. The number of phenolic OH excluding ortho intramolecular Hbond substituents is 4. The van der Waals surface area contributed by atoms with Crippen molar-refractivity contribution in [3.05, 3.63) is 243 Å². The Hall–Kier alpha value is -12.0. The third-order valence-electron chi connectivity index (χ3n) is 19.5. The summed E-state index contributed by atoms with van der Waals surface area (Å²) in [6.45, 7) is 7.04. The van der Waals surface area contributed by atoms with Crippen LogP contribution in [0.1, 0.15) is 50.0 Å². The van der Waals surface area contributed by atoms with Gasteiger partial charge in [-0.1, -0.05) is 72.8 Å². The minimum atomic E-state index is -0.311. The van der Waals surface area contributed by atoms with Crippen molar-refractivity contribution >= 4 is 109 Å². The summed E-state index contributed by atoms with van der Waals surface area (Å²) in [4.78, 5) is 62.7. The molecule has 8 N–H and O–H groups in total. The molecule has 4 aliphatic heterocycles. The highest BCUT2D eigenvalue weighted by molar-refractivity contribution is 7.18. The van der Waals surface area contributed by atoms with E-state index in [1.807, 2.05) is 91.8 Å². The van der Waals surface area contributed by atoms with Gasteiger partial charge in [0.2, 0.25) is 0 Å². The number of likely N-dealkylation sites (N-methyl/N-ethyl adjacent to an activating group) is 1. The predicted molar refractivity (Wildman–Crippen MR) is 434 cm³/mol. The van der Waals surface area contributed by atoms with Gasteiger partial charge < -0.3 is 69.6 Å². The molecule has 0 saturated heterocycles. The van der Waals surface area contributed by atoms with Crippen LogP contribution in [-0.2, 0) is 35.8 Å². The van der Waals surface area contributed by atoms with Crippen LogP contribution >= 0.6 is 45.3 Å². The smallest absolute Gasteiger partial charge is 0.280 e. The molecule has 562 valence electrons. The van der Waals surface area contributed by atoms with Gasteiger partial charge in [0.05, 0.1) is 40.3 Å². The van der Waals surface area contributed by atoms with E-state index in [1.54, 1.807) is 128 Å². The number of carbonyl (C=O) groups excluding carboxylic acids is 4. The second-order valence-electron chi connectivity index (χ2n) is 27.6. The third kappa shape index (κ3) is 16.2. The lowest BCUT2D eigenvalue weighted by Crippen LogP contribution is -3.07. The fourth-order valence-corrected chi connectivity index (χ4v) is 18.0. The highest BCUT2D eigenvalue weighted by Gasteiger charge is 2.31.